The second-order valence-electron chi connectivity index (χ2n) is 6.97. The van der Waals surface area contributed by atoms with Gasteiger partial charge < -0.3 is 24.1 Å². The SMILES string of the molecule is CC(C)NC(=NCCc1ccco1)N1CCN(c2nccn(C)c2=O)CC1. The molecule has 0 bridgehead atoms. The van der Waals surface area contributed by atoms with Gasteiger partial charge in [0.15, 0.2) is 11.8 Å². The lowest BCUT2D eigenvalue weighted by Gasteiger charge is -2.37. The summed E-state index contributed by atoms with van der Waals surface area (Å²) in [5, 5.41) is 3.45. The molecule has 1 N–H and O–H groups in total. The van der Waals surface area contributed by atoms with Gasteiger partial charge in [-0.05, 0) is 26.0 Å². The standard InChI is InChI=1S/C19H28N6O2/c1-15(2)22-19(21-7-6-16-5-4-14-27-16)25-12-10-24(11-13-25)17-18(26)23(3)9-8-20-17/h4-5,8-9,14-15H,6-7,10-13H2,1-3H3,(H,21,22). The predicted molar refractivity (Wildman–Crippen MR) is 106 cm³/mol. The molecule has 1 aliphatic rings. The molecule has 3 heterocycles. The summed E-state index contributed by atoms with van der Waals surface area (Å²) in [4.78, 5) is 25.6. The van der Waals surface area contributed by atoms with Crippen LogP contribution in [0.15, 0.2) is 45.0 Å². The van der Waals surface area contributed by atoms with E-state index in [9.17, 15) is 4.79 Å². The number of piperazine rings is 1. The van der Waals surface area contributed by atoms with E-state index in [2.05, 4.69) is 33.9 Å². The van der Waals surface area contributed by atoms with Crippen molar-refractivity contribution in [3.63, 3.8) is 0 Å². The lowest BCUT2D eigenvalue weighted by molar-refractivity contribution is 0.366. The van der Waals surface area contributed by atoms with E-state index in [1.807, 2.05) is 12.1 Å². The number of hydrogen-bond donors (Lipinski definition) is 1. The summed E-state index contributed by atoms with van der Waals surface area (Å²) in [5.74, 6) is 2.37. The highest BCUT2D eigenvalue weighted by Crippen LogP contribution is 2.09. The maximum absolute atomic E-state index is 12.3. The summed E-state index contributed by atoms with van der Waals surface area (Å²) in [6.07, 6.45) is 5.82. The van der Waals surface area contributed by atoms with Crippen LogP contribution in [0.25, 0.3) is 0 Å². The Balaban J connectivity index is 1.63. The largest absolute Gasteiger partial charge is 0.469 e. The summed E-state index contributed by atoms with van der Waals surface area (Å²) in [6, 6.07) is 4.17. The number of aliphatic imine (C=N–C) groups is 1. The monoisotopic (exact) mass is 372 g/mol. The van der Waals surface area contributed by atoms with Gasteiger partial charge in [-0.2, -0.15) is 0 Å². The third-order valence-electron chi connectivity index (χ3n) is 4.50. The summed E-state index contributed by atoms with van der Waals surface area (Å²) in [6.45, 7) is 7.94. The molecule has 1 fully saturated rings. The second-order valence-corrected chi connectivity index (χ2v) is 6.97. The van der Waals surface area contributed by atoms with Crippen molar-refractivity contribution in [1.82, 2.24) is 19.8 Å². The van der Waals surface area contributed by atoms with E-state index in [0.29, 0.717) is 18.4 Å². The number of furan rings is 1. The molecule has 1 aliphatic heterocycles. The number of nitrogens with one attached hydrogen (secondary N) is 1. The molecule has 0 aromatic carbocycles. The summed E-state index contributed by atoms with van der Waals surface area (Å²) in [5.41, 5.74) is -0.0569. The van der Waals surface area contributed by atoms with Gasteiger partial charge in [0.2, 0.25) is 0 Å². The van der Waals surface area contributed by atoms with Gasteiger partial charge >= 0.3 is 0 Å². The number of anilines is 1. The number of aromatic nitrogens is 2. The number of nitrogens with zero attached hydrogens (tertiary/aromatic N) is 5. The molecular formula is C19H28N6O2. The van der Waals surface area contributed by atoms with E-state index in [0.717, 1.165) is 44.3 Å². The minimum atomic E-state index is -0.0569. The van der Waals surface area contributed by atoms with Gasteiger partial charge in [0.1, 0.15) is 5.76 Å². The minimum absolute atomic E-state index is 0.0569. The van der Waals surface area contributed by atoms with Gasteiger partial charge in [0.25, 0.3) is 5.56 Å². The molecule has 8 heteroatoms. The van der Waals surface area contributed by atoms with Crippen LogP contribution in [0.3, 0.4) is 0 Å². The first-order valence-corrected chi connectivity index (χ1v) is 9.39. The maximum Gasteiger partial charge on any atom is 0.293 e. The van der Waals surface area contributed by atoms with Crippen molar-refractivity contribution in [2.75, 3.05) is 37.6 Å². The van der Waals surface area contributed by atoms with Gasteiger partial charge in [-0.15, -0.1) is 0 Å². The Bertz CT molecular complexity index is 804. The number of hydrogen-bond acceptors (Lipinski definition) is 5. The third-order valence-corrected chi connectivity index (χ3v) is 4.50. The average Bonchev–Trinajstić information content (AvgIpc) is 3.17. The second kappa shape index (κ2) is 8.75. The first kappa shape index (κ1) is 19.0. The Morgan fingerprint density at radius 2 is 2.11 bits per heavy atom. The van der Waals surface area contributed by atoms with E-state index in [-0.39, 0.29) is 5.56 Å². The van der Waals surface area contributed by atoms with Gasteiger partial charge in [0, 0.05) is 64.6 Å². The van der Waals surface area contributed by atoms with Crippen molar-refractivity contribution in [2.24, 2.45) is 12.0 Å². The Labute approximate surface area is 159 Å². The Morgan fingerprint density at radius 1 is 1.33 bits per heavy atom. The first-order valence-electron chi connectivity index (χ1n) is 9.39. The van der Waals surface area contributed by atoms with Crippen molar-refractivity contribution in [1.29, 1.82) is 0 Å². The topological polar surface area (TPSA) is 78.9 Å². The molecule has 0 unspecified atom stereocenters. The van der Waals surface area contributed by atoms with E-state index in [4.69, 9.17) is 9.41 Å². The molecule has 0 aliphatic carbocycles. The molecule has 0 saturated carbocycles. The van der Waals surface area contributed by atoms with Crippen LogP contribution in [0.4, 0.5) is 5.82 Å². The first-order chi connectivity index (χ1) is 13.0. The van der Waals surface area contributed by atoms with Crippen molar-refractivity contribution < 1.29 is 4.42 Å². The van der Waals surface area contributed by atoms with Gasteiger partial charge in [0.05, 0.1) is 6.26 Å². The summed E-state index contributed by atoms with van der Waals surface area (Å²) >= 11 is 0. The molecule has 0 atom stereocenters. The van der Waals surface area contributed by atoms with E-state index in [1.54, 1.807) is 30.3 Å². The fourth-order valence-corrected chi connectivity index (χ4v) is 3.05. The van der Waals surface area contributed by atoms with E-state index >= 15 is 0 Å². The van der Waals surface area contributed by atoms with Crippen LogP contribution < -0.4 is 15.8 Å². The number of aryl methyl sites for hydroxylation is 1. The predicted octanol–water partition coefficient (Wildman–Crippen LogP) is 1.09. The highest BCUT2D eigenvalue weighted by Gasteiger charge is 2.23. The number of guanidine groups is 1. The molecule has 0 amide bonds. The molecule has 146 valence electrons. The third kappa shape index (κ3) is 4.90. The molecule has 0 spiro atoms. The van der Waals surface area contributed by atoms with Crippen LogP contribution in [0, 0.1) is 0 Å². The molecule has 0 radical (unpaired) electrons. The smallest absolute Gasteiger partial charge is 0.293 e. The van der Waals surface area contributed by atoms with Gasteiger partial charge in [-0.3, -0.25) is 9.79 Å². The lowest BCUT2D eigenvalue weighted by atomic mass is 10.3. The zero-order valence-electron chi connectivity index (χ0n) is 16.3. The van der Waals surface area contributed by atoms with Crippen molar-refractivity contribution in [3.8, 4) is 0 Å². The highest BCUT2D eigenvalue weighted by molar-refractivity contribution is 5.80. The molecular weight excluding hydrogens is 344 g/mol. The summed E-state index contributed by atoms with van der Waals surface area (Å²) in [7, 11) is 1.75. The quantitative estimate of drug-likeness (QED) is 0.625. The minimum Gasteiger partial charge on any atom is -0.469 e. The molecule has 27 heavy (non-hydrogen) atoms. The van der Waals surface area contributed by atoms with Gasteiger partial charge in [-0.25, -0.2) is 4.98 Å². The molecule has 2 aromatic rings. The Morgan fingerprint density at radius 3 is 2.78 bits per heavy atom. The highest BCUT2D eigenvalue weighted by atomic mass is 16.3. The lowest BCUT2D eigenvalue weighted by Crippen LogP contribution is -2.54. The van der Waals surface area contributed by atoms with Crippen LogP contribution in [0.5, 0.6) is 0 Å². The Kier molecular flexibility index (Phi) is 6.16. The van der Waals surface area contributed by atoms with Crippen LogP contribution in [-0.4, -0.2) is 59.2 Å². The summed E-state index contributed by atoms with van der Waals surface area (Å²) < 4.78 is 6.94. The Hall–Kier alpha value is -2.77. The molecule has 3 rings (SSSR count). The van der Waals surface area contributed by atoms with Crippen molar-refractivity contribution in [2.45, 2.75) is 26.3 Å². The molecule has 8 nitrogen and oxygen atoms in total. The average molecular weight is 372 g/mol. The zero-order valence-corrected chi connectivity index (χ0v) is 16.3. The fraction of sp³-hybridized carbons (Fsp3) is 0.526. The van der Waals surface area contributed by atoms with Crippen molar-refractivity contribution >= 4 is 11.8 Å². The van der Waals surface area contributed by atoms with E-state index < -0.39 is 0 Å². The zero-order chi connectivity index (χ0) is 19.2. The fourth-order valence-electron chi connectivity index (χ4n) is 3.05. The van der Waals surface area contributed by atoms with Crippen LogP contribution in [0.1, 0.15) is 19.6 Å². The van der Waals surface area contributed by atoms with Crippen LogP contribution in [-0.2, 0) is 13.5 Å². The van der Waals surface area contributed by atoms with Crippen LogP contribution >= 0.6 is 0 Å². The van der Waals surface area contributed by atoms with Crippen molar-refractivity contribution in [3.05, 3.63) is 46.9 Å². The normalized spacial score (nSPS) is 15.5. The number of rotatable bonds is 5. The van der Waals surface area contributed by atoms with Crippen LogP contribution in [0.2, 0.25) is 0 Å². The van der Waals surface area contributed by atoms with Gasteiger partial charge in [-0.1, -0.05) is 0 Å². The van der Waals surface area contributed by atoms with E-state index in [1.165, 1.54) is 0 Å². The molecule has 1 saturated heterocycles. The maximum atomic E-state index is 12.3. The molecule has 2 aromatic heterocycles.